The molecular formula is C27H31N3O2. The van der Waals surface area contributed by atoms with Crippen molar-refractivity contribution in [3.05, 3.63) is 77.6 Å². The Balaban J connectivity index is 1.33. The molecule has 3 aromatic rings. The number of carbonyl (C=O) groups is 1. The van der Waals surface area contributed by atoms with Crippen LogP contribution in [0.5, 0.6) is 0 Å². The monoisotopic (exact) mass is 429 g/mol. The van der Waals surface area contributed by atoms with E-state index in [0.29, 0.717) is 19.8 Å². The number of fused-ring (bicyclic) bond motifs is 1. The van der Waals surface area contributed by atoms with Crippen LogP contribution in [0, 0.1) is 5.92 Å². The molecule has 2 saturated heterocycles. The molecule has 1 aromatic heterocycles. The lowest BCUT2D eigenvalue weighted by molar-refractivity contribution is 0.0735. The van der Waals surface area contributed by atoms with Crippen molar-refractivity contribution in [2.45, 2.75) is 25.8 Å². The van der Waals surface area contributed by atoms with Gasteiger partial charge in [0.25, 0.3) is 5.91 Å². The molecule has 0 radical (unpaired) electrons. The highest BCUT2D eigenvalue weighted by atomic mass is 16.5. The van der Waals surface area contributed by atoms with Gasteiger partial charge in [0.15, 0.2) is 0 Å². The third kappa shape index (κ3) is 4.69. The van der Waals surface area contributed by atoms with E-state index >= 15 is 0 Å². The second-order valence-electron chi connectivity index (χ2n) is 9.05. The summed E-state index contributed by atoms with van der Waals surface area (Å²) in [4.78, 5) is 22.3. The van der Waals surface area contributed by atoms with Gasteiger partial charge in [-0.25, -0.2) is 0 Å². The predicted octanol–water partition coefficient (Wildman–Crippen LogP) is 4.16. The lowest BCUT2D eigenvalue weighted by atomic mass is 9.95. The number of amides is 1. The van der Waals surface area contributed by atoms with Gasteiger partial charge in [-0.1, -0.05) is 36.4 Å². The highest BCUT2D eigenvalue weighted by molar-refractivity contribution is 5.95. The lowest BCUT2D eigenvalue weighted by Gasteiger charge is -2.26. The first-order chi connectivity index (χ1) is 15.8. The third-order valence-electron chi connectivity index (χ3n) is 6.74. The molecule has 32 heavy (non-hydrogen) atoms. The molecule has 3 heterocycles. The van der Waals surface area contributed by atoms with Crippen molar-refractivity contribution in [2.75, 3.05) is 39.4 Å². The number of hydrogen-bond acceptors (Lipinski definition) is 4. The number of hydrogen-bond donors (Lipinski definition) is 0. The summed E-state index contributed by atoms with van der Waals surface area (Å²) in [5.41, 5.74) is 3.28. The SMILES string of the molecule is O=C(c1ccccc1CN1CCCC1)N1CCOC[C@@H](Cc2cccc3cnccc23)C1. The van der Waals surface area contributed by atoms with E-state index in [1.165, 1.54) is 23.8 Å². The van der Waals surface area contributed by atoms with Gasteiger partial charge in [-0.3, -0.25) is 14.7 Å². The average molecular weight is 430 g/mol. The molecule has 166 valence electrons. The molecule has 1 atom stereocenters. The lowest BCUT2D eigenvalue weighted by Crippen LogP contribution is -2.37. The number of carbonyl (C=O) groups excluding carboxylic acids is 1. The van der Waals surface area contributed by atoms with Crippen LogP contribution in [-0.2, 0) is 17.7 Å². The summed E-state index contributed by atoms with van der Waals surface area (Å²) >= 11 is 0. The Hall–Kier alpha value is -2.76. The summed E-state index contributed by atoms with van der Waals surface area (Å²) in [7, 11) is 0. The van der Waals surface area contributed by atoms with E-state index in [0.717, 1.165) is 49.1 Å². The third-order valence-corrected chi connectivity index (χ3v) is 6.74. The maximum absolute atomic E-state index is 13.6. The number of nitrogens with zero attached hydrogens (tertiary/aromatic N) is 3. The summed E-state index contributed by atoms with van der Waals surface area (Å²) < 4.78 is 5.93. The minimum atomic E-state index is 0.136. The minimum Gasteiger partial charge on any atom is -0.379 e. The van der Waals surface area contributed by atoms with Crippen LogP contribution in [0.3, 0.4) is 0 Å². The zero-order chi connectivity index (χ0) is 21.8. The van der Waals surface area contributed by atoms with Crippen LogP contribution >= 0.6 is 0 Å². The summed E-state index contributed by atoms with van der Waals surface area (Å²) in [5.74, 6) is 0.406. The molecule has 0 saturated carbocycles. The van der Waals surface area contributed by atoms with E-state index < -0.39 is 0 Å². The van der Waals surface area contributed by atoms with Crippen LogP contribution in [-0.4, -0.2) is 60.1 Å². The van der Waals surface area contributed by atoms with Crippen molar-refractivity contribution in [1.29, 1.82) is 0 Å². The van der Waals surface area contributed by atoms with Gasteiger partial charge in [0, 0.05) is 48.9 Å². The first-order valence-electron chi connectivity index (χ1n) is 11.8. The maximum Gasteiger partial charge on any atom is 0.254 e. The number of rotatable bonds is 5. The van der Waals surface area contributed by atoms with Crippen molar-refractivity contribution < 1.29 is 9.53 Å². The van der Waals surface area contributed by atoms with Crippen LogP contribution in [0.25, 0.3) is 10.8 Å². The number of benzene rings is 2. The number of likely N-dealkylation sites (tertiary alicyclic amines) is 1. The highest BCUT2D eigenvalue weighted by Gasteiger charge is 2.26. The first kappa shape index (κ1) is 21.1. The summed E-state index contributed by atoms with van der Waals surface area (Å²) in [6, 6.07) is 16.6. The molecule has 2 fully saturated rings. The first-order valence-corrected chi connectivity index (χ1v) is 11.8. The van der Waals surface area contributed by atoms with Gasteiger partial charge in [0.05, 0.1) is 13.2 Å². The Morgan fingerprint density at radius 3 is 2.75 bits per heavy atom. The Labute approximate surface area is 190 Å². The molecule has 2 aromatic carbocycles. The molecule has 0 unspecified atom stereocenters. The molecular weight excluding hydrogens is 398 g/mol. The zero-order valence-corrected chi connectivity index (χ0v) is 18.6. The fourth-order valence-electron chi connectivity index (χ4n) is 5.09. The molecule has 2 aliphatic heterocycles. The van der Waals surface area contributed by atoms with E-state index in [4.69, 9.17) is 4.74 Å². The fraction of sp³-hybridized carbons (Fsp3) is 0.407. The van der Waals surface area contributed by atoms with E-state index in [-0.39, 0.29) is 11.8 Å². The van der Waals surface area contributed by atoms with Gasteiger partial charge in [0.1, 0.15) is 0 Å². The Kier molecular flexibility index (Phi) is 6.46. The van der Waals surface area contributed by atoms with Crippen LogP contribution in [0.1, 0.15) is 34.3 Å². The number of ether oxygens (including phenoxy) is 1. The van der Waals surface area contributed by atoms with Crippen molar-refractivity contribution in [3.8, 4) is 0 Å². The molecule has 0 bridgehead atoms. The Morgan fingerprint density at radius 1 is 1.00 bits per heavy atom. The second kappa shape index (κ2) is 9.80. The van der Waals surface area contributed by atoms with Crippen molar-refractivity contribution in [3.63, 3.8) is 0 Å². The van der Waals surface area contributed by atoms with Gasteiger partial charge in [-0.05, 0) is 61.0 Å². The maximum atomic E-state index is 13.6. The van der Waals surface area contributed by atoms with Crippen LogP contribution in [0.4, 0.5) is 0 Å². The van der Waals surface area contributed by atoms with Crippen molar-refractivity contribution in [2.24, 2.45) is 5.92 Å². The molecule has 5 nitrogen and oxygen atoms in total. The Morgan fingerprint density at radius 2 is 1.84 bits per heavy atom. The molecule has 1 amide bonds. The van der Waals surface area contributed by atoms with Gasteiger partial charge >= 0.3 is 0 Å². The standard InChI is InChI=1S/C27H31N3O2/c31-27(26-9-2-1-6-24(26)19-29-12-3-4-13-29)30-14-15-32-20-21(18-30)16-22-7-5-8-23-17-28-11-10-25(22)23/h1-2,5-11,17,21H,3-4,12-16,18-20H2/t21-/m0/s1. The fourth-order valence-corrected chi connectivity index (χ4v) is 5.09. The molecule has 0 aliphatic carbocycles. The zero-order valence-electron chi connectivity index (χ0n) is 18.6. The van der Waals surface area contributed by atoms with E-state index in [1.54, 1.807) is 0 Å². The van der Waals surface area contributed by atoms with E-state index in [9.17, 15) is 4.79 Å². The topological polar surface area (TPSA) is 45.7 Å². The molecule has 5 rings (SSSR count). The van der Waals surface area contributed by atoms with Gasteiger partial charge in [0.2, 0.25) is 0 Å². The molecule has 2 aliphatic rings. The normalized spacial score (nSPS) is 19.9. The second-order valence-corrected chi connectivity index (χ2v) is 9.05. The highest BCUT2D eigenvalue weighted by Crippen LogP contribution is 2.24. The number of aromatic nitrogens is 1. The number of pyridine rings is 1. The molecule has 5 heteroatoms. The quantitative estimate of drug-likeness (QED) is 0.611. The minimum absolute atomic E-state index is 0.136. The summed E-state index contributed by atoms with van der Waals surface area (Å²) in [5, 5.41) is 2.39. The largest absolute Gasteiger partial charge is 0.379 e. The van der Waals surface area contributed by atoms with Crippen LogP contribution < -0.4 is 0 Å². The molecule has 0 spiro atoms. The van der Waals surface area contributed by atoms with Gasteiger partial charge in [-0.15, -0.1) is 0 Å². The smallest absolute Gasteiger partial charge is 0.254 e. The Bertz CT molecular complexity index is 1070. The van der Waals surface area contributed by atoms with Gasteiger partial charge in [-0.2, -0.15) is 0 Å². The average Bonchev–Trinajstić information content (AvgIpc) is 3.23. The summed E-state index contributed by atoms with van der Waals surface area (Å²) in [6.45, 7) is 5.76. The van der Waals surface area contributed by atoms with Gasteiger partial charge < -0.3 is 9.64 Å². The van der Waals surface area contributed by atoms with Crippen molar-refractivity contribution >= 4 is 16.7 Å². The molecule has 0 N–H and O–H groups in total. The van der Waals surface area contributed by atoms with E-state index in [1.807, 2.05) is 35.5 Å². The van der Waals surface area contributed by atoms with Crippen molar-refractivity contribution in [1.82, 2.24) is 14.8 Å². The van der Waals surface area contributed by atoms with Crippen LogP contribution in [0.2, 0.25) is 0 Å². The summed E-state index contributed by atoms with van der Waals surface area (Å²) in [6.07, 6.45) is 7.16. The predicted molar refractivity (Wildman–Crippen MR) is 127 cm³/mol. The van der Waals surface area contributed by atoms with E-state index in [2.05, 4.69) is 40.2 Å². The van der Waals surface area contributed by atoms with Crippen LogP contribution in [0.15, 0.2) is 60.9 Å².